The number of nitrogens with one attached hydrogen (secondary N) is 1. The van der Waals surface area contributed by atoms with Crippen molar-refractivity contribution in [3.05, 3.63) is 68.9 Å². The third-order valence-corrected chi connectivity index (χ3v) is 3.97. The SMILES string of the molecule is CCNC(Cc1ccc(Br)cc1)c1ccc(F)c(Cl)c1. The summed E-state index contributed by atoms with van der Waals surface area (Å²) in [6.07, 6.45) is 0.836. The maximum absolute atomic E-state index is 13.3. The molecule has 20 heavy (non-hydrogen) atoms. The Labute approximate surface area is 132 Å². The predicted molar refractivity (Wildman–Crippen MR) is 85.7 cm³/mol. The molecule has 0 amide bonds. The highest BCUT2D eigenvalue weighted by Crippen LogP contribution is 2.24. The predicted octanol–water partition coefficient (Wildman–Crippen LogP) is 5.13. The van der Waals surface area contributed by atoms with Gasteiger partial charge in [0.25, 0.3) is 0 Å². The maximum Gasteiger partial charge on any atom is 0.141 e. The van der Waals surface area contributed by atoms with Crippen molar-refractivity contribution in [2.24, 2.45) is 0 Å². The van der Waals surface area contributed by atoms with Crippen LogP contribution in [0.1, 0.15) is 24.1 Å². The highest BCUT2D eigenvalue weighted by atomic mass is 79.9. The van der Waals surface area contributed by atoms with Gasteiger partial charge in [0.2, 0.25) is 0 Å². The van der Waals surface area contributed by atoms with Crippen molar-refractivity contribution in [1.82, 2.24) is 5.32 Å². The van der Waals surface area contributed by atoms with E-state index in [0.29, 0.717) is 0 Å². The van der Waals surface area contributed by atoms with E-state index in [1.54, 1.807) is 12.1 Å². The van der Waals surface area contributed by atoms with Gasteiger partial charge in [0.05, 0.1) is 5.02 Å². The fourth-order valence-corrected chi connectivity index (χ4v) is 2.59. The van der Waals surface area contributed by atoms with E-state index in [9.17, 15) is 4.39 Å². The standard InChI is InChI=1S/C16H16BrClFN/c1-2-20-16(9-11-3-6-13(17)7-4-11)12-5-8-15(19)14(18)10-12/h3-8,10,16,20H,2,9H2,1H3. The topological polar surface area (TPSA) is 12.0 Å². The normalized spacial score (nSPS) is 12.4. The highest BCUT2D eigenvalue weighted by molar-refractivity contribution is 9.10. The van der Waals surface area contributed by atoms with E-state index in [4.69, 9.17) is 11.6 Å². The molecule has 0 aliphatic carbocycles. The second kappa shape index (κ2) is 7.21. The monoisotopic (exact) mass is 355 g/mol. The van der Waals surface area contributed by atoms with Crippen LogP contribution in [0, 0.1) is 5.82 Å². The summed E-state index contributed by atoms with van der Waals surface area (Å²) in [4.78, 5) is 0. The number of benzene rings is 2. The Kier molecular flexibility index (Phi) is 5.58. The molecule has 2 aromatic rings. The van der Waals surface area contributed by atoms with Crippen LogP contribution in [-0.2, 0) is 6.42 Å². The van der Waals surface area contributed by atoms with Crippen molar-refractivity contribution in [3.63, 3.8) is 0 Å². The van der Waals surface area contributed by atoms with E-state index >= 15 is 0 Å². The second-order valence-electron chi connectivity index (χ2n) is 4.61. The van der Waals surface area contributed by atoms with Crippen molar-refractivity contribution < 1.29 is 4.39 Å². The quantitative estimate of drug-likeness (QED) is 0.782. The first-order valence-electron chi connectivity index (χ1n) is 6.53. The number of hydrogen-bond donors (Lipinski definition) is 1. The molecule has 0 fully saturated rings. The molecule has 0 bridgehead atoms. The number of likely N-dealkylation sites (N-methyl/N-ethyl adjacent to an activating group) is 1. The Morgan fingerprint density at radius 3 is 2.50 bits per heavy atom. The van der Waals surface area contributed by atoms with Crippen LogP contribution in [0.2, 0.25) is 5.02 Å². The average Bonchev–Trinajstić information content (AvgIpc) is 2.44. The van der Waals surface area contributed by atoms with E-state index < -0.39 is 0 Å². The summed E-state index contributed by atoms with van der Waals surface area (Å²) < 4.78 is 14.3. The third-order valence-electron chi connectivity index (χ3n) is 3.15. The van der Waals surface area contributed by atoms with Crippen molar-refractivity contribution in [3.8, 4) is 0 Å². The van der Waals surface area contributed by atoms with E-state index in [1.165, 1.54) is 11.6 Å². The zero-order valence-electron chi connectivity index (χ0n) is 11.2. The lowest BCUT2D eigenvalue weighted by molar-refractivity contribution is 0.547. The lowest BCUT2D eigenvalue weighted by Gasteiger charge is -2.19. The fraction of sp³-hybridized carbons (Fsp3) is 0.250. The lowest BCUT2D eigenvalue weighted by Crippen LogP contribution is -2.23. The molecule has 1 atom stereocenters. The van der Waals surface area contributed by atoms with Crippen molar-refractivity contribution in [1.29, 1.82) is 0 Å². The summed E-state index contributed by atoms with van der Waals surface area (Å²) in [5, 5.41) is 3.58. The number of halogens is 3. The van der Waals surface area contributed by atoms with Gasteiger partial charge >= 0.3 is 0 Å². The Hall–Kier alpha value is -0.900. The summed E-state index contributed by atoms with van der Waals surface area (Å²) in [5.41, 5.74) is 2.22. The van der Waals surface area contributed by atoms with Gasteiger partial charge in [0, 0.05) is 10.5 Å². The van der Waals surface area contributed by atoms with E-state index in [-0.39, 0.29) is 16.9 Å². The molecule has 4 heteroatoms. The first-order chi connectivity index (χ1) is 9.60. The molecule has 0 heterocycles. The molecular weight excluding hydrogens is 341 g/mol. The number of rotatable bonds is 5. The molecule has 0 radical (unpaired) electrons. The van der Waals surface area contributed by atoms with Crippen molar-refractivity contribution in [2.75, 3.05) is 6.54 Å². The van der Waals surface area contributed by atoms with Crippen molar-refractivity contribution in [2.45, 2.75) is 19.4 Å². The number of hydrogen-bond acceptors (Lipinski definition) is 1. The van der Waals surface area contributed by atoms with Gasteiger partial charge < -0.3 is 5.32 Å². The molecule has 0 aliphatic rings. The Morgan fingerprint density at radius 1 is 1.20 bits per heavy atom. The second-order valence-corrected chi connectivity index (χ2v) is 5.94. The van der Waals surface area contributed by atoms with Gasteiger partial charge in [-0.25, -0.2) is 4.39 Å². The zero-order valence-corrected chi connectivity index (χ0v) is 13.5. The first-order valence-corrected chi connectivity index (χ1v) is 7.70. The molecular formula is C16H16BrClFN. The summed E-state index contributed by atoms with van der Waals surface area (Å²) >= 11 is 9.30. The molecule has 0 saturated carbocycles. The van der Waals surface area contributed by atoms with Gasteiger partial charge in [0.1, 0.15) is 5.82 Å². The van der Waals surface area contributed by atoms with Crippen LogP contribution in [0.15, 0.2) is 46.9 Å². The molecule has 0 aromatic heterocycles. The zero-order chi connectivity index (χ0) is 14.5. The van der Waals surface area contributed by atoms with Crippen LogP contribution >= 0.6 is 27.5 Å². The third kappa shape index (κ3) is 4.05. The van der Waals surface area contributed by atoms with Crippen LogP contribution in [0.5, 0.6) is 0 Å². The minimum absolute atomic E-state index is 0.124. The van der Waals surface area contributed by atoms with Gasteiger partial charge in [-0.2, -0.15) is 0 Å². The average molecular weight is 357 g/mol. The van der Waals surface area contributed by atoms with Crippen LogP contribution in [-0.4, -0.2) is 6.54 Å². The minimum Gasteiger partial charge on any atom is -0.310 e. The molecule has 2 aromatic carbocycles. The molecule has 2 rings (SSSR count). The molecule has 1 unspecified atom stereocenters. The Morgan fingerprint density at radius 2 is 1.90 bits per heavy atom. The van der Waals surface area contributed by atoms with Crippen LogP contribution in [0.4, 0.5) is 4.39 Å². The Balaban J connectivity index is 2.21. The van der Waals surface area contributed by atoms with Gasteiger partial charge in [0.15, 0.2) is 0 Å². The highest BCUT2D eigenvalue weighted by Gasteiger charge is 2.13. The van der Waals surface area contributed by atoms with E-state index in [1.807, 2.05) is 12.1 Å². The van der Waals surface area contributed by atoms with Crippen molar-refractivity contribution >= 4 is 27.5 Å². The van der Waals surface area contributed by atoms with Crippen LogP contribution in [0.3, 0.4) is 0 Å². The van der Waals surface area contributed by atoms with Gasteiger partial charge in [-0.3, -0.25) is 0 Å². The fourth-order valence-electron chi connectivity index (χ4n) is 2.14. The molecule has 106 valence electrons. The largest absolute Gasteiger partial charge is 0.310 e. The summed E-state index contributed by atoms with van der Waals surface area (Å²) in [5.74, 6) is -0.380. The lowest BCUT2D eigenvalue weighted by atomic mass is 9.99. The van der Waals surface area contributed by atoms with Gasteiger partial charge in [-0.1, -0.05) is 52.7 Å². The maximum atomic E-state index is 13.3. The van der Waals surface area contributed by atoms with Crippen LogP contribution in [0.25, 0.3) is 0 Å². The summed E-state index contributed by atoms with van der Waals surface area (Å²) in [7, 11) is 0. The van der Waals surface area contributed by atoms with Gasteiger partial charge in [-0.05, 0) is 48.4 Å². The Bertz CT molecular complexity index is 571. The molecule has 1 nitrogen and oxygen atoms in total. The van der Waals surface area contributed by atoms with Gasteiger partial charge in [-0.15, -0.1) is 0 Å². The minimum atomic E-state index is -0.380. The van der Waals surface area contributed by atoms with E-state index in [2.05, 4.69) is 40.3 Å². The molecule has 0 saturated heterocycles. The summed E-state index contributed by atoms with van der Waals surface area (Å²) in [6, 6.07) is 13.2. The summed E-state index contributed by atoms with van der Waals surface area (Å²) in [6.45, 7) is 2.90. The molecule has 0 spiro atoms. The van der Waals surface area contributed by atoms with Crippen LogP contribution < -0.4 is 5.32 Å². The first kappa shape index (κ1) is 15.5. The molecule has 1 N–H and O–H groups in total. The van der Waals surface area contributed by atoms with E-state index in [0.717, 1.165) is 23.0 Å². The smallest absolute Gasteiger partial charge is 0.141 e. The molecule has 0 aliphatic heterocycles.